The van der Waals surface area contributed by atoms with Crippen molar-refractivity contribution in [3.05, 3.63) is 63.4 Å². The highest BCUT2D eigenvalue weighted by Gasteiger charge is 2.12. The van der Waals surface area contributed by atoms with Crippen LogP contribution in [0.15, 0.2) is 48.5 Å². The Balaban J connectivity index is 1.56. The lowest BCUT2D eigenvalue weighted by Gasteiger charge is -2.11. The first-order valence-corrected chi connectivity index (χ1v) is 9.19. The number of nitrogens with one attached hydrogen (secondary N) is 4. The highest BCUT2D eigenvalue weighted by atomic mass is 127. The average Bonchev–Trinajstić information content (AvgIpc) is 2.91. The number of halogens is 1. The first kappa shape index (κ1) is 17.7. The zero-order valence-electron chi connectivity index (χ0n) is 13.5. The number of aromatic nitrogens is 1. The molecule has 0 atom stereocenters. The Hall–Kier alpha value is -2.13. The van der Waals surface area contributed by atoms with Crippen LogP contribution in [0.2, 0.25) is 0 Å². The fourth-order valence-corrected chi connectivity index (χ4v) is 3.12. The number of hydrazine groups is 1. The lowest BCUT2D eigenvalue weighted by Crippen LogP contribution is -2.44. The molecule has 7 heteroatoms. The number of thiocarbonyl (C=S) groups is 1. The van der Waals surface area contributed by atoms with E-state index >= 15 is 0 Å². The van der Waals surface area contributed by atoms with Crippen molar-refractivity contribution in [2.24, 2.45) is 0 Å². The van der Waals surface area contributed by atoms with Crippen LogP contribution in [0.4, 0.5) is 5.69 Å². The average molecular weight is 464 g/mol. The minimum Gasteiger partial charge on any atom is -0.358 e. The Labute approximate surface area is 164 Å². The molecule has 0 aliphatic rings. The second-order valence-electron chi connectivity index (χ2n) is 5.59. The number of amides is 1. The van der Waals surface area contributed by atoms with Crippen LogP contribution < -0.4 is 16.2 Å². The van der Waals surface area contributed by atoms with E-state index in [9.17, 15) is 4.79 Å². The summed E-state index contributed by atoms with van der Waals surface area (Å²) in [6.07, 6.45) is 0.273. The van der Waals surface area contributed by atoms with E-state index in [1.165, 1.54) is 0 Å². The van der Waals surface area contributed by atoms with E-state index in [-0.39, 0.29) is 12.3 Å². The van der Waals surface area contributed by atoms with Gasteiger partial charge in [0, 0.05) is 25.9 Å². The summed E-state index contributed by atoms with van der Waals surface area (Å²) in [5.74, 6) is -0.153. The molecule has 1 heterocycles. The summed E-state index contributed by atoms with van der Waals surface area (Å²) in [7, 11) is 0. The normalized spacial score (nSPS) is 10.5. The van der Waals surface area contributed by atoms with Crippen molar-refractivity contribution in [1.29, 1.82) is 0 Å². The number of carbonyl (C=O) groups is 1. The largest absolute Gasteiger partial charge is 0.358 e. The molecule has 25 heavy (non-hydrogen) atoms. The van der Waals surface area contributed by atoms with Crippen molar-refractivity contribution in [3.8, 4) is 0 Å². The summed E-state index contributed by atoms with van der Waals surface area (Å²) in [5.41, 5.74) is 9.25. The SMILES string of the molecule is Cc1[nH]c2ccccc2c1CC(=O)NNC(=S)Nc1ccc(I)cc1. The van der Waals surface area contributed by atoms with Crippen molar-refractivity contribution in [3.63, 3.8) is 0 Å². The number of hydrogen-bond donors (Lipinski definition) is 4. The van der Waals surface area contributed by atoms with Crippen molar-refractivity contribution in [2.45, 2.75) is 13.3 Å². The summed E-state index contributed by atoms with van der Waals surface area (Å²) in [6, 6.07) is 15.8. The van der Waals surface area contributed by atoms with Gasteiger partial charge in [-0.2, -0.15) is 0 Å². The molecule has 0 saturated heterocycles. The summed E-state index contributed by atoms with van der Waals surface area (Å²) in [5, 5.41) is 4.42. The van der Waals surface area contributed by atoms with Gasteiger partial charge in [0.25, 0.3) is 0 Å². The molecule has 0 aliphatic heterocycles. The number of carbonyl (C=O) groups excluding carboxylic acids is 1. The van der Waals surface area contributed by atoms with Crippen LogP contribution in [0.3, 0.4) is 0 Å². The molecule has 3 rings (SSSR count). The van der Waals surface area contributed by atoms with Crippen LogP contribution in [0.1, 0.15) is 11.3 Å². The van der Waals surface area contributed by atoms with E-state index in [4.69, 9.17) is 12.2 Å². The van der Waals surface area contributed by atoms with Gasteiger partial charge in [0.05, 0.1) is 6.42 Å². The van der Waals surface area contributed by atoms with Crippen LogP contribution in [0.5, 0.6) is 0 Å². The zero-order chi connectivity index (χ0) is 17.8. The molecule has 1 aromatic heterocycles. The van der Waals surface area contributed by atoms with Crippen molar-refractivity contribution in [1.82, 2.24) is 15.8 Å². The zero-order valence-corrected chi connectivity index (χ0v) is 16.5. The van der Waals surface area contributed by atoms with Gasteiger partial charge in [0.2, 0.25) is 5.91 Å². The first-order valence-electron chi connectivity index (χ1n) is 7.70. The maximum absolute atomic E-state index is 12.2. The Kier molecular flexibility index (Phi) is 5.54. The van der Waals surface area contributed by atoms with Crippen molar-refractivity contribution in [2.75, 3.05) is 5.32 Å². The van der Waals surface area contributed by atoms with Crippen LogP contribution in [-0.4, -0.2) is 16.0 Å². The molecule has 0 fully saturated rings. The molecule has 0 radical (unpaired) electrons. The molecule has 0 saturated carbocycles. The Morgan fingerprint density at radius 2 is 1.84 bits per heavy atom. The van der Waals surface area contributed by atoms with Gasteiger partial charge >= 0.3 is 0 Å². The fourth-order valence-electron chi connectivity index (χ4n) is 2.59. The number of hydrogen-bond acceptors (Lipinski definition) is 2. The van der Waals surface area contributed by atoms with Gasteiger partial charge < -0.3 is 10.3 Å². The number of H-pyrrole nitrogens is 1. The Morgan fingerprint density at radius 3 is 2.60 bits per heavy atom. The van der Waals surface area contributed by atoms with Gasteiger partial charge in [-0.3, -0.25) is 15.6 Å². The number of para-hydroxylation sites is 1. The third kappa shape index (κ3) is 4.49. The van der Waals surface area contributed by atoms with Gasteiger partial charge in [-0.1, -0.05) is 18.2 Å². The molecule has 4 N–H and O–H groups in total. The maximum Gasteiger partial charge on any atom is 0.242 e. The molecular formula is C18H17IN4OS. The monoisotopic (exact) mass is 464 g/mol. The van der Waals surface area contributed by atoms with E-state index in [1.54, 1.807) is 0 Å². The molecule has 0 unspecified atom stereocenters. The lowest BCUT2D eigenvalue weighted by atomic mass is 10.1. The second kappa shape index (κ2) is 7.83. The number of rotatable bonds is 3. The molecule has 5 nitrogen and oxygen atoms in total. The standard InChI is InChI=1S/C18H17IN4OS/c1-11-15(14-4-2-3-5-16(14)20-11)10-17(24)22-23-18(25)21-13-8-6-12(19)7-9-13/h2-9,20H,10H2,1H3,(H,22,24)(H2,21,23,25). The highest BCUT2D eigenvalue weighted by molar-refractivity contribution is 14.1. The minimum absolute atomic E-state index is 0.153. The van der Waals surface area contributed by atoms with E-state index in [2.05, 4.69) is 43.7 Å². The summed E-state index contributed by atoms with van der Waals surface area (Å²) < 4.78 is 1.14. The number of aryl methyl sites for hydroxylation is 1. The maximum atomic E-state index is 12.2. The van der Waals surface area contributed by atoms with Gasteiger partial charge in [-0.15, -0.1) is 0 Å². The van der Waals surface area contributed by atoms with Gasteiger partial charge in [-0.05, 0) is 77.6 Å². The van der Waals surface area contributed by atoms with Crippen molar-refractivity contribution >= 4 is 62.4 Å². The lowest BCUT2D eigenvalue weighted by molar-refractivity contribution is -0.120. The second-order valence-corrected chi connectivity index (χ2v) is 7.24. The highest BCUT2D eigenvalue weighted by Crippen LogP contribution is 2.22. The van der Waals surface area contributed by atoms with Gasteiger partial charge in [-0.25, -0.2) is 0 Å². The summed E-state index contributed by atoms with van der Waals surface area (Å²) in [6.45, 7) is 1.97. The van der Waals surface area contributed by atoms with Crippen LogP contribution in [-0.2, 0) is 11.2 Å². The van der Waals surface area contributed by atoms with Gasteiger partial charge in [0.1, 0.15) is 0 Å². The van der Waals surface area contributed by atoms with E-state index < -0.39 is 0 Å². The third-order valence-electron chi connectivity index (χ3n) is 3.78. The molecule has 3 aromatic rings. The number of aromatic amines is 1. The third-order valence-corrected chi connectivity index (χ3v) is 4.71. The molecule has 128 valence electrons. The molecular weight excluding hydrogens is 447 g/mol. The smallest absolute Gasteiger partial charge is 0.242 e. The first-order chi connectivity index (χ1) is 12.0. The Bertz CT molecular complexity index is 920. The quantitative estimate of drug-likeness (QED) is 0.272. The van der Waals surface area contributed by atoms with Crippen molar-refractivity contribution < 1.29 is 4.79 Å². The van der Waals surface area contributed by atoms with Crippen LogP contribution in [0.25, 0.3) is 10.9 Å². The molecule has 2 aromatic carbocycles. The topological polar surface area (TPSA) is 69.0 Å². The molecule has 1 amide bonds. The van der Waals surface area contributed by atoms with Crippen LogP contribution in [0, 0.1) is 10.5 Å². The molecule has 0 bridgehead atoms. The van der Waals surface area contributed by atoms with Crippen LogP contribution >= 0.6 is 34.8 Å². The van der Waals surface area contributed by atoms with E-state index in [1.807, 2.05) is 55.5 Å². The molecule has 0 spiro atoms. The molecule has 0 aliphatic carbocycles. The predicted molar refractivity (Wildman–Crippen MR) is 113 cm³/mol. The van der Waals surface area contributed by atoms with Gasteiger partial charge in [0.15, 0.2) is 5.11 Å². The predicted octanol–water partition coefficient (Wildman–Crippen LogP) is 3.64. The number of benzene rings is 2. The Morgan fingerprint density at radius 1 is 1.12 bits per heavy atom. The summed E-state index contributed by atoms with van der Waals surface area (Å²) >= 11 is 7.43. The minimum atomic E-state index is -0.153. The number of anilines is 1. The van der Waals surface area contributed by atoms with E-state index in [0.717, 1.165) is 31.4 Å². The summed E-state index contributed by atoms with van der Waals surface area (Å²) in [4.78, 5) is 15.5. The number of fused-ring (bicyclic) bond motifs is 1. The fraction of sp³-hybridized carbons (Fsp3) is 0.111. The van der Waals surface area contributed by atoms with E-state index in [0.29, 0.717) is 5.11 Å².